The minimum Gasteiger partial charge on any atom is -0.310 e. The maximum absolute atomic E-state index is 3.72. The van der Waals surface area contributed by atoms with Crippen LogP contribution < -0.4 is 5.32 Å². The monoisotopic (exact) mass is 239 g/mol. The molecule has 0 aromatic rings. The first-order valence-corrected chi connectivity index (χ1v) is 7.40. The van der Waals surface area contributed by atoms with E-state index < -0.39 is 0 Å². The zero-order chi connectivity index (χ0) is 12.1. The van der Waals surface area contributed by atoms with Crippen molar-refractivity contribution in [3.63, 3.8) is 0 Å². The van der Waals surface area contributed by atoms with Crippen molar-refractivity contribution in [1.82, 2.24) is 15.1 Å². The lowest BCUT2D eigenvalue weighted by Crippen LogP contribution is -2.49. The normalized spacial score (nSPS) is 30.5. The number of nitrogens with zero attached hydrogens (tertiary/aromatic N) is 2. The molecular formula is C14H29N3. The van der Waals surface area contributed by atoms with Gasteiger partial charge in [0.25, 0.3) is 0 Å². The maximum atomic E-state index is 3.72. The molecule has 0 radical (unpaired) electrons. The van der Waals surface area contributed by atoms with Gasteiger partial charge in [-0.3, -0.25) is 0 Å². The molecule has 100 valence electrons. The highest BCUT2D eigenvalue weighted by atomic mass is 15.2. The molecule has 2 rings (SSSR count). The van der Waals surface area contributed by atoms with Crippen LogP contribution in [0.15, 0.2) is 0 Å². The summed E-state index contributed by atoms with van der Waals surface area (Å²) in [5.41, 5.74) is 0.416. The third-order valence-electron chi connectivity index (χ3n) is 4.58. The van der Waals surface area contributed by atoms with E-state index >= 15 is 0 Å². The Labute approximate surface area is 107 Å². The van der Waals surface area contributed by atoms with E-state index in [1.165, 1.54) is 71.4 Å². The molecule has 3 nitrogen and oxygen atoms in total. The topological polar surface area (TPSA) is 18.5 Å². The highest BCUT2D eigenvalue weighted by molar-refractivity contribution is 4.94. The molecule has 0 aromatic carbocycles. The van der Waals surface area contributed by atoms with Crippen LogP contribution in [0.1, 0.15) is 39.0 Å². The van der Waals surface area contributed by atoms with E-state index in [1.54, 1.807) is 0 Å². The molecule has 2 saturated heterocycles. The molecule has 2 aliphatic heterocycles. The third-order valence-corrected chi connectivity index (χ3v) is 4.58. The van der Waals surface area contributed by atoms with Gasteiger partial charge in [-0.05, 0) is 58.8 Å². The van der Waals surface area contributed by atoms with Gasteiger partial charge in [-0.1, -0.05) is 6.92 Å². The van der Waals surface area contributed by atoms with Crippen molar-refractivity contribution < 1.29 is 0 Å². The van der Waals surface area contributed by atoms with E-state index in [0.29, 0.717) is 5.54 Å². The Morgan fingerprint density at radius 1 is 1.24 bits per heavy atom. The zero-order valence-corrected chi connectivity index (χ0v) is 11.7. The van der Waals surface area contributed by atoms with E-state index in [1.807, 2.05) is 0 Å². The van der Waals surface area contributed by atoms with Crippen LogP contribution in [0.3, 0.4) is 0 Å². The number of rotatable bonds is 6. The summed E-state index contributed by atoms with van der Waals surface area (Å²) in [4.78, 5) is 5.14. The van der Waals surface area contributed by atoms with Gasteiger partial charge in [-0.15, -0.1) is 0 Å². The molecular weight excluding hydrogens is 210 g/mol. The van der Waals surface area contributed by atoms with Crippen molar-refractivity contribution in [3.05, 3.63) is 0 Å². The summed E-state index contributed by atoms with van der Waals surface area (Å²) in [5.74, 6) is 0. The van der Waals surface area contributed by atoms with Crippen molar-refractivity contribution >= 4 is 0 Å². The second kappa shape index (κ2) is 6.17. The molecule has 2 aliphatic rings. The zero-order valence-electron chi connectivity index (χ0n) is 11.7. The van der Waals surface area contributed by atoms with Gasteiger partial charge in [-0.25, -0.2) is 0 Å². The molecule has 0 aromatic heterocycles. The Hall–Kier alpha value is -0.120. The Morgan fingerprint density at radius 3 is 2.59 bits per heavy atom. The van der Waals surface area contributed by atoms with Crippen molar-refractivity contribution in [3.8, 4) is 0 Å². The molecule has 3 heteroatoms. The maximum Gasteiger partial charge on any atom is 0.0306 e. The van der Waals surface area contributed by atoms with Gasteiger partial charge in [0.2, 0.25) is 0 Å². The first-order chi connectivity index (χ1) is 8.24. The number of likely N-dealkylation sites (N-methyl/N-ethyl adjacent to an activating group) is 1. The summed E-state index contributed by atoms with van der Waals surface area (Å²) in [7, 11) is 2.29. The number of likely N-dealkylation sites (tertiary alicyclic amines) is 1. The Morgan fingerprint density at radius 2 is 2.00 bits per heavy atom. The van der Waals surface area contributed by atoms with Gasteiger partial charge in [0, 0.05) is 25.2 Å². The molecule has 1 unspecified atom stereocenters. The van der Waals surface area contributed by atoms with E-state index in [9.17, 15) is 0 Å². The fourth-order valence-electron chi connectivity index (χ4n) is 3.33. The predicted octanol–water partition coefficient (Wildman–Crippen LogP) is 1.55. The SMILES string of the molecule is CCC1(CN(C)CCN2CCCC2)CCCN1. The largest absolute Gasteiger partial charge is 0.310 e. The average molecular weight is 239 g/mol. The molecule has 2 fully saturated rings. The van der Waals surface area contributed by atoms with E-state index in [-0.39, 0.29) is 0 Å². The van der Waals surface area contributed by atoms with Crippen LogP contribution in [0.5, 0.6) is 0 Å². The van der Waals surface area contributed by atoms with Crippen LogP contribution in [-0.2, 0) is 0 Å². The smallest absolute Gasteiger partial charge is 0.0306 e. The van der Waals surface area contributed by atoms with E-state index in [2.05, 4.69) is 29.1 Å². The minimum absolute atomic E-state index is 0.416. The summed E-state index contributed by atoms with van der Waals surface area (Å²) in [5, 5.41) is 3.72. The predicted molar refractivity (Wildman–Crippen MR) is 73.4 cm³/mol. The first kappa shape index (κ1) is 13.3. The molecule has 17 heavy (non-hydrogen) atoms. The minimum atomic E-state index is 0.416. The second-order valence-electron chi connectivity index (χ2n) is 5.95. The Kier molecular flexibility index (Phi) is 4.83. The third kappa shape index (κ3) is 3.67. The fraction of sp³-hybridized carbons (Fsp3) is 1.00. The van der Waals surface area contributed by atoms with Crippen molar-refractivity contribution in [1.29, 1.82) is 0 Å². The fourth-order valence-corrected chi connectivity index (χ4v) is 3.33. The summed E-state index contributed by atoms with van der Waals surface area (Å²) >= 11 is 0. The Bertz CT molecular complexity index is 218. The lowest BCUT2D eigenvalue weighted by Gasteiger charge is -2.33. The quantitative estimate of drug-likeness (QED) is 0.758. The molecule has 0 saturated carbocycles. The lowest BCUT2D eigenvalue weighted by atomic mass is 9.93. The molecule has 0 bridgehead atoms. The van der Waals surface area contributed by atoms with Crippen LogP contribution in [-0.4, -0.2) is 61.7 Å². The summed E-state index contributed by atoms with van der Waals surface area (Å²) in [6, 6.07) is 0. The second-order valence-corrected chi connectivity index (χ2v) is 5.95. The molecule has 1 N–H and O–H groups in total. The van der Waals surface area contributed by atoms with Crippen LogP contribution in [0.4, 0.5) is 0 Å². The van der Waals surface area contributed by atoms with Crippen LogP contribution in [0.2, 0.25) is 0 Å². The number of nitrogens with one attached hydrogen (secondary N) is 1. The molecule has 1 atom stereocenters. The number of hydrogen-bond acceptors (Lipinski definition) is 3. The number of hydrogen-bond donors (Lipinski definition) is 1. The van der Waals surface area contributed by atoms with Crippen LogP contribution in [0.25, 0.3) is 0 Å². The van der Waals surface area contributed by atoms with Gasteiger partial charge in [0.1, 0.15) is 0 Å². The van der Waals surface area contributed by atoms with Gasteiger partial charge in [0.15, 0.2) is 0 Å². The molecule has 2 heterocycles. The van der Waals surface area contributed by atoms with Gasteiger partial charge in [0.05, 0.1) is 0 Å². The van der Waals surface area contributed by atoms with E-state index in [0.717, 1.165) is 0 Å². The summed E-state index contributed by atoms with van der Waals surface area (Å²) < 4.78 is 0. The van der Waals surface area contributed by atoms with Crippen LogP contribution >= 0.6 is 0 Å². The molecule has 0 spiro atoms. The average Bonchev–Trinajstić information content (AvgIpc) is 2.98. The molecule has 0 amide bonds. The Balaban J connectivity index is 1.70. The first-order valence-electron chi connectivity index (χ1n) is 7.40. The van der Waals surface area contributed by atoms with E-state index in [4.69, 9.17) is 0 Å². The van der Waals surface area contributed by atoms with Gasteiger partial charge < -0.3 is 15.1 Å². The van der Waals surface area contributed by atoms with Crippen molar-refractivity contribution in [2.75, 3.05) is 46.3 Å². The van der Waals surface area contributed by atoms with Crippen molar-refractivity contribution in [2.45, 2.75) is 44.6 Å². The van der Waals surface area contributed by atoms with Crippen LogP contribution in [0, 0.1) is 0 Å². The highest BCUT2D eigenvalue weighted by Gasteiger charge is 2.32. The van der Waals surface area contributed by atoms with Crippen molar-refractivity contribution in [2.24, 2.45) is 0 Å². The summed E-state index contributed by atoms with van der Waals surface area (Å²) in [6.07, 6.45) is 6.79. The van der Waals surface area contributed by atoms with Gasteiger partial charge >= 0.3 is 0 Å². The lowest BCUT2D eigenvalue weighted by molar-refractivity contribution is 0.196. The molecule has 0 aliphatic carbocycles. The standard InChI is InChI=1S/C14H29N3/c1-3-14(7-6-8-15-14)13-16(2)11-12-17-9-4-5-10-17/h15H,3-13H2,1-2H3. The highest BCUT2D eigenvalue weighted by Crippen LogP contribution is 2.23. The summed E-state index contributed by atoms with van der Waals surface area (Å²) in [6.45, 7) is 9.90. The van der Waals surface area contributed by atoms with Gasteiger partial charge in [-0.2, -0.15) is 0 Å².